The summed E-state index contributed by atoms with van der Waals surface area (Å²) in [4.78, 5) is 29.8. The van der Waals surface area contributed by atoms with Gasteiger partial charge in [-0.15, -0.1) is 0 Å². The molecule has 14 heteroatoms. The number of carbonyl (C=O) groups excluding carboxylic acids is 1. The maximum Gasteiger partial charge on any atom is 0.407 e. The van der Waals surface area contributed by atoms with Crippen molar-refractivity contribution in [2.45, 2.75) is 130 Å². The zero-order valence-electron chi connectivity index (χ0n) is 33.0. The number of hydrogen-bond donors (Lipinski definition) is 2. The Morgan fingerprint density at radius 3 is 2.46 bits per heavy atom. The van der Waals surface area contributed by atoms with Gasteiger partial charge in [0.25, 0.3) is 0 Å². The number of imidazole rings is 1. The van der Waals surface area contributed by atoms with E-state index in [2.05, 4.69) is 74.3 Å². The molecule has 6 rings (SSSR count). The molecule has 1 aliphatic heterocycles. The number of aryl methyl sites for hydroxylation is 2. The van der Waals surface area contributed by atoms with Gasteiger partial charge in [0.05, 0.1) is 48.8 Å². The van der Waals surface area contributed by atoms with Crippen LogP contribution in [0.15, 0.2) is 24.7 Å². The van der Waals surface area contributed by atoms with E-state index in [-0.39, 0.29) is 23.2 Å². The van der Waals surface area contributed by atoms with Gasteiger partial charge < -0.3 is 34.0 Å². The van der Waals surface area contributed by atoms with Crippen molar-refractivity contribution in [3.63, 3.8) is 0 Å². The molecule has 1 aromatic carbocycles. The van der Waals surface area contributed by atoms with Crippen molar-refractivity contribution >= 4 is 43.0 Å². The van der Waals surface area contributed by atoms with Crippen molar-refractivity contribution in [1.29, 1.82) is 0 Å². The molecule has 2 N–H and O–H groups in total. The first kappa shape index (κ1) is 37.6. The molecule has 1 saturated carbocycles. The van der Waals surface area contributed by atoms with E-state index in [0.717, 1.165) is 77.3 Å². The van der Waals surface area contributed by atoms with Crippen LogP contribution in [-0.2, 0) is 9.16 Å². The van der Waals surface area contributed by atoms with Crippen LogP contribution in [0.1, 0.15) is 90.1 Å². The molecule has 52 heavy (non-hydrogen) atoms. The van der Waals surface area contributed by atoms with Crippen molar-refractivity contribution in [3.05, 3.63) is 41.5 Å². The lowest BCUT2D eigenvalue weighted by molar-refractivity contribution is 0.0454. The summed E-state index contributed by atoms with van der Waals surface area (Å²) >= 11 is 0. The summed E-state index contributed by atoms with van der Waals surface area (Å²) < 4.78 is 21.9. The lowest BCUT2D eigenvalue weighted by Gasteiger charge is -2.38. The monoisotopic (exact) mass is 731 g/mol. The van der Waals surface area contributed by atoms with Gasteiger partial charge in [0.1, 0.15) is 23.5 Å². The zero-order valence-corrected chi connectivity index (χ0v) is 34.0. The Bertz CT molecular complexity index is 1930. The largest absolute Gasteiger partial charge is 0.496 e. The number of hydrogen-bond acceptors (Lipinski definition) is 10. The van der Waals surface area contributed by atoms with Gasteiger partial charge in [0.15, 0.2) is 19.8 Å². The molecular weight excluding hydrogens is 675 g/mol. The zero-order chi connectivity index (χ0) is 37.7. The Balaban J connectivity index is 1.33. The molecule has 0 spiro atoms. The van der Waals surface area contributed by atoms with E-state index in [1.165, 1.54) is 0 Å². The third-order valence-corrected chi connectivity index (χ3v) is 15.4. The Morgan fingerprint density at radius 2 is 1.79 bits per heavy atom. The number of carbonyl (C=O) groups is 1. The first-order valence-electron chi connectivity index (χ1n) is 18.5. The number of amides is 1. The SMILES string of the molecule is COc1cc(-n2cnc(Nc3nc(N4CCC[C@H]4CO[Si](C)(C)C(C)(C)C)c4c(C)nn(C5CC(NC(=O)OC(C)(C)C)C5)c4n3)c2)cc(C)c1C. The lowest BCUT2D eigenvalue weighted by Crippen LogP contribution is -2.47. The highest BCUT2D eigenvalue weighted by Crippen LogP contribution is 2.41. The fourth-order valence-corrected chi connectivity index (χ4v) is 7.75. The van der Waals surface area contributed by atoms with Crippen LogP contribution in [0.2, 0.25) is 18.1 Å². The minimum absolute atomic E-state index is 0.00163. The number of methoxy groups -OCH3 is 1. The molecule has 13 nitrogen and oxygen atoms in total. The highest BCUT2D eigenvalue weighted by atomic mass is 28.4. The van der Waals surface area contributed by atoms with Crippen LogP contribution in [-0.4, -0.2) is 81.7 Å². The summed E-state index contributed by atoms with van der Waals surface area (Å²) in [5.41, 5.74) is 4.29. The van der Waals surface area contributed by atoms with Crippen LogP contribution >= 0.6 is 0 Å². The summed E-state index contributed by atoms with van der Waals surface area (Å²) in [7, 11) is -0.264. The van der Waals surface area contributed by atoms with E-state index < -0.39 is 20.0 Å². The van der Waals surface area contributed by atoms with Gasteiger partial charge in [0, 0.05) is 18.7 Å². The van der Waals surface area contributed by atoms with Crippen molar-refractivity contribution in [2.24, 2.45) is 0 Å². The quantitative estimate of drug-likeness (QED) is 0.155. The Hall–Kier alpha value is -4.17. The molecule has 1 aliphatic carbocycles. The molecule has 3 aromatic heterocycles. The topological polar surface area (TPSA) is 133 Å². The molecule has 4 aromatic rings. The van der Waals surface area contributed by atoms with Gasteiger partial charge in [-0.2, -0.15) is 15.1 Å². The maximum absolute atomic E-state index is 12.5. The predicted octanol–water partition coefficient (Wildman–Crippen LogP) is 7.91. The van der Waals surface area contributed by atoms with Gasteiger partial charge in [-0.3, -0.25) is 0 Å². The second-order valence-electron chi connectivity index (χ2n) is 17.0. The number of aromatic nitrogens is 6. The minimum Gasteiger partial charge on any atom is -0.496 e. The molecule has 2 fully saturated rings. The van der Waals surface area contributed by atoms with Crippen LogP contribution in [0.4, 0.5) is 22.4 Å². The van der Waals surface area contributed by atoms with Crippen LogP contribution in [0, 0.1) is 20.8 Å². The number of rotatable bonds is 10. The van der Waals surface area contributed by atoms with Crippen molar-refractivity contribution in [1.82, 2.24) is 34.6 Å². The second-order valence-corrected chi connectivity index (χ2v) is 21.8. The molecular formula is C38H57N9O4Si. The minimum atomic E-state index is -1.95. The number of ether oxygens (including phenoxy) is 2. The molecule has 0 bridgehead atoms. The molecule has 2 aliphatic rings. The van der Waals surface area contributed by atoms with Gasteiger partial charge in [-0.1, -0.05) is 20.8 Å². The molecule has 0 unspecified atom stereocenters. The normalized spacial score (nSPS) is 19.5. The van der Waals surface area contributed by atoms with Crippen LogP contribution < -0.4 is 20.3 Å². The average molecular weight is 732 g/mol. The number of nitrogens with one attached hydrogen (secondary N) is 2. The van der Waals surface area contributed by atoms with Gasteiger partial charge in [0.2, 0.25) is 5.95 Å². The summed E-state index contributed by atoms with van der Waals surface area (Å²) in [6.45, 7) is 24.8. The van der Waals surface area contributed by atoms with Crippen LogP contribution in [0.5, 0.6) is 5.75 Å². The number of anilines is 3. The van der Waals surface area contributed by atoms with Crippen LogP contribution in [0.3, 0.4) is 0 Å². The van der Waals surface area contributed by atoms with E-state index in [9.17, 15) is 4.79 Å². The first-order valence-corrected chi connectivity index (χ1v) is 21.4. The average Bonchev–Trinajstić information content (AvgIpc) is 3.77. The van der Waals surface area contributed by atoms with E-state index in [1.807, 2.05) is 49.2 Å². The Morgan fingerprint density at radius 1 is 1.06 bits per heavy atom. The summed E-state index contributed by atoms with van der Waals surface area (Å²) in [5, 5.41) is 12.5. The van der Waals surface area contributed by atoms with Crippen LogP contribution in [0.25, 0.3) is 16.7 Å². The fraction of sp³-hybridized carbons (Fsp3) is 0.605. The fourth-order valence-electron chi connectivity index (χ4n) is 6.71. The van der Waals surface area contributed by atoms with Crippen molar-refractivity contribution < 1.29 is 18.7 Å². The Kier molecular flexibility index (Phi) is 10.1. The molecule has 282 valence electrons. The highest BCUT2D eigenvalue weighted by Gasteiger charge is 2.40. The third kappa shape index (κ3) is 7.78. The number of fused-ring (bicyclic) bond motifs is 1. The van der Waals surface area contributed by atoms with E-state index in [1.54, 1.807) is 13.4 Å². The molecule has 1 saturated heterocycles. The second kappa shape index (κ2) is 14.0. The maximum atomic E-state index is 12.5. The molecule has 1 atom stereocenters. The molecule has 0 radical (unpaired) electrons. The van der Waals surface area contributed by atoms with Gasteiger partial charge in [-0.25, -0.2) is 14.5 Å². The third-order valence-electron chi connectivity index (χ3n) is 10.9. The van der Waals surface area contributed by atoms with Crippen molar-refractivity contribution in [2.75, 3.05) is 30.5 Å². The summed E-state index contributed by atoms with van der Waals surface area (Å²) in [5.74, 6) is 2.76. The number of alkyl carbamates (subject to hydrolysis) is 1. The smallest absolute Gasteiger partial charge is 0.407 e. The standard InChI is InChI=1S/C38H57N9O4Si/c1-23-16-28(19-30(49-10)24(23)2)45-20-31(39-22-45)41-35-42-33(46-15-13-14-27(46)21-50-52(11,12)38(7,8)9)32-25(3)44-47(34(32)43-35)29-17-26(18-29)40-36(48)51-37(4,5)6/h16,19-20,22,26-27,29H,13-15,17-18,21H2,1-12H3,(H,40,48)(H,41,42,43)/t26?,27-,29?/m0/s1. The lowest BCUT2D eigenvalue weighted by atomic mass is 9.87. The predicted molar refractivity (Wildman–Crippen MR) is 208 cm³/mol. The number of nitrogens with zero attached hydrogens (tertiary/aromatic N) is 7. The Labute approximate surface area is 309 Å². The highest BCUT2D eigenvalue weighted by molar-refractivity contribution is 6.74. The summed E-state index contributed by atoms with van der Waals surface area (Å²) in [6, 6.07) is 4.39. The summed E-state index contributed by atoms with van der Waals surface area (Å²) in [6.07, 6.45) is 6.86. The molecule has 1 amide bonds. The van der Waals surface area contributed by atoms with E-state index >= 15 is 0 Å². The molecule has 4 heterocycles. The van der Waals surface area contributed by atoms with Crippen molar-refractivity contribution in [3.8, 4) is 11.4 Å². The van der Waals surface area contributed by atoms with E-state index in [4.69, 9.17) is 29.0 Å². The van der Waals surface area contributed by atoms with Gasteiger partial charge in [-0.05, 0) is 103 Å². The number of benzene rings is 1. The van der Waals surface area contributed by atoms with E-state index in [0.29, 0.717) is 18.4 Å². The van der Waals surface area contributed by atoms with Gasteiger partial charge >= 0.3 is 6.09 Å². The first-order chi connectivity index (χ1) is 24.3.